The molecule has 0 fully saturated rings. The number of rotatable bonds is 12. The number of hydrogen-bond acceptors (Lipinski definition) is 1. The number of unbranched alkanes of at least 4 members (excludes halogenated alkanes) is 6. The zero-order valence-electron chi connectivity index (χ0n) is 11.7. The molecule has 16 heavy (non-hydrogen) atoms. The summed E-state index contributed by atoms with van der Waals surface area (Å²) in [5.74, 6) is 0. The van der Waals surface area contributed by atoms with Gasteiger partial charge in [-0.25, -0.2) is 0 Å². The quantitative estimate of drug-likeness (QED) is 0.339. The Labute approximate surface area is 105 Å². The smallest absolute Gasteiger partial charge is 0.211 e. The minimum Gasteiger partial charge on any atom is -0.417 e. The Bertz CT molecular complexity index is 116. The van der Waals surface area contributed by atoms with Gasteiger partial charge in [0.25, 0.3) is 0 Å². The summed E-state index contributed by atoms with van der Waals surface area (Å²) < 4.78 is 5.90. The van der Waals surface area contributed by atoms with E-state index in [2.05, 4.69) is 20.8 Å². The summed E-state index contributed by atoms with van der Waals surface area (Å²) >= 11 is 0. The molecule has 0 saturated heterocycles. The molecule has 0 aromatic carbocycles. The predicted octanol–water partition coefficient (Wildman–Crippen LogP) is 5.18. The first-order valence-electron chi connectivity index (χ1n) is 7.32. The van der Waals surface area contributed by atoms with E-state index < -0.39 is 9.04 Å². The molecule has 2 heteroatoms. The SMILES string of the molecule is CCCCCC[Si](CCCCCC)OCC. The Morgan fingerprint density at radius 3 is 1.56 bits per heavy atom. The third-order valence-electron chi connectivity index (χ3n) is 2.97. The largest absolute Gasteiger partial charge is 0.417 e. The Morgan fingerprint density at radius 1 is 0.688 bits per heavy atom. The summed E-state index contributed by atoms with van der Waals surface area (Å²) in [6.07, 6.45) is 11.1. The van der Waals surface area contributed by atoms with Gasteiger partial charge in [0.05, 0.1) is 0 Å². The molecule has 0 aliphatic carbocycles. The summed E-state index contributed by atoms with van der Waals surface area (Å²) in [6, 6.07) is 2.76. The molecular weight excluding hydrogens is 212 g/mol. The van der Waals surface area contributed by atoms with E-state index in [4.69, 9.17) is 4.43 Å². The van der Waals surface area contributed by atoms with Crippen molar-refractivity contribution in [3.63, 3.8) is 0 Å². The second-order valence-electron chi connectivity index (χ2n) is 4.59. The van der Waals surface area contributed by atoms with Gasteiger partial charge in [0.2, 0.25) is 9.04 Å². The van der Waals surface area contributed by atoms with Gasteiger partial charge in [-0.05, 0) is 19.0 Å². The second kappa shape index (κ2) is 13.2. The molecule has 0 N–H and O–H groups in total. The maximum Gasteiger partial charge on any atom is 0.211 e. The van der Waals surface area contributed by atoms with Gasteiger partial charge in [-0.1, -0.05) is 65.2 Å². The Morgan fingerprint density at radius 2 is 1.19 bits per heavy atom. The van der Waals surface area contributed by atoms with Crippen LogP contribution in [0.3, 0.4) is 0 Å². The highest BCUT2D eigenvalue weighted by atomic mass is 28.3. The summed E-state index contributed by atoms with van der Waals surface area (Å²) in [4.78, 5) is 0. The van der Waals surface area contributed by atoms with Crippen LogP contribution in [-0.4, -0.2) is 15.6 Å². The van der Waals surface area contributed by atoms with Crippen LogP contribution in [0.1, 0.15) is 72.1 Å². The minimum atomic E-state index is -0.457. The maximum atomic E-state index is 5.90. The molecule has 0 aliphatic heterocycles. The van der Waals surface area contributed by atoms with Crippen molar-refractivity contribution in [2.75, 3.05) is 6.61 Å². The van der Waals surface area contributed by atoms with Crippen molar-refractivity contribution in [2.45, 2.75) is 84.2 Å². The highest BCUT2D eigenvalue weighted by Gasteiger charge is 2.11. The Hall–Kier alpha value is 0.177. The van der Waals surface area contributed by atoms with E-state index in [-0.39, 0.29) is 0 Å². The fourth-order valence-corrected chi connectivity index (χ4v) is 4.21. The molecule has 97 valence electrons. The van der Waals surface area contributed by atoms with Crippen LogP contribution < -0.4 is 0 Å². The molecule has 0 heterocycles. The molecule has 0 spiro atoms. The van der Waals surface area contributed by atoms with Crippen LogP contribution in [0.4, 0.5) is 0 Å². The first-order chi connectivity index (χ1) is 7.85. The van der Waals surface area contributed by atoms with Gasteiger partial charge < -0.3 is 4.43 Å². The summed E-state index contributed by atoms with van der Waals surface area (Å²) in [5.41, 5.74) is 0. The standard InChI is InChI=1S/C14H31OSi/c1-4-7-9-11-13-16(15-6-3)14-12-10-8-5-2/h4-14H2,1-3H3. The minimum absolute atomic E-state index is 0.457. The molecule has 0 rings (SSSR count). The fraction of sp³-hybridized carbons (Fsp3) is 1.00. The molecule has 0 aromatic rings. The van der Waals surface area contributed by atoms with E-state index in [1.807, 2.05) is 0 Å². The second-order valence-corrected chi connectivity index (χ2v) is 6.96. The van der Waals surface area contributed by atoms with Crippen molar-refractivity contribution in [1.82, 2.24) is 0 Å². The van der Waals surface area contributed by atoms with Crippen molar-refractivity contribution in [3.05, 3.63) is 0 Å². The van der Waals surface area contributed by atoms with E-state index >= 15 is 0 Å². The topological polar surface area (TPSA) is 9.23 Å². The lowest BCUT2D eigenvalue weighted by molar-refractivity contribution is 0.338. The zero-order chi connectivity index (χ0) is 12.1. The third kappa shape index (κ3) is 10.7. The molecule has 0 saturated carbocycles. The van der Waals surface area contributed by atoms with Gasteiger partial charge in [0.1, 0.15) is 0 Å². The molecule has 0 aromatic heterocycles. The molecule has 0 atom stereocenters. The van der Waals surface area contributed by atoms with Gasteiger partial charge in [-0.15, -0.1) is 0 Å². The lowest BCUT2D eigenvalue weighted by Gasteiger charge is -2.13. The van der Waals surface area contributed by atoms with E-state index in [0.717, 1.165) is 6.61 Å². The van der Waals surface area contributed by atoms with Crippen molar-refractivity contribution >= 4 is 9.04 Å². The average molecular weight is 243 g/mol. The van der Waals surface area contributed by atoms with Gasteiger partial charge in [-0.3, -0.25) is 0 Å². The van der Waals surface area contributed by atoms with Gasteiger partial charge in [0, 0.05) is 6.61 Å². The van der Waals surface area contributed by atoms with Crippen molar-refractivity contribution in [2.24, 2.45) is 0 Å². The number of hydrogen-bond donors (Lipinski definition) is 0. The van der Waals surface area contributed by atoms with E-state index in [0.29, 0.717) is 0 Å². The lowest BCUT2D eigenvalue weighted by atomic mass is 10.2. The first kappa shape index (κ1) is 16.2. The monoisotopic (exact) mass is 243 g/mol. The van der Waals surface area contributed by atoms with Crippen molar-refractivity contribution in [1.29, 1.82) is 0 Å². The van der Waals surface area contributed by atoms with Crippen LogP contribution in [0.5, 0.6) is 0 Å². The molecule has 0 amide bonds. The highest BCUT2D eigenvalue weighted by Crippen LogP contribution is 2.14. The normalized spacial score (nSPS) is 11.2. The molecule has 0 unspecified atom stereocenters. The average Bonchev–Trinajstić information content (AvgIpc) is 2.30. The highest BCUT2D eigenvalue weighted by molar-refractivity contribution is 6.51. The molecule has 0 aliphatic rings. The van der Waals surface area contributed by atoms with Crippen LogP contribution in [0.25, 0.3) is 0 Å². The van der Waals surface area contributed by atoms with E-state index in [1.165, 1.54) is 63.5 Å². The van der Waals surface area contributed by atoms with Gasteiger partial charge >= 0.3 is 0 Å². The van der Waals surface area contributed by atoms with Crippen LogP contribution in [0, 0.1) is 0 Å². The van der Waals surface area contributed by atoms with E-state index in [9.17, 15) is 0 Å². The van der Waals surface area contributed by atoms with Crippen LogP contribution in [0.15, 0.2) is 0 Å². The van der Waals surface area contributed by atoms with Crippen LogP contribution >= 0.6 is 0 Å². The summed E-state index contributed by atoms with van der Waals surface area (Å²) in [5, 5.41) is 0. The van der Waals surface area contributed by atoms with E-state index in [1.54, 1.807) is 0 Å². The van der Waals surface area contributed by atoms with Gasteiger partial charge in [0.15, 0.2) is 0 Å². The van der Waals surface area contributed by atoms with Crippen LogP contribution in [0.2, 0.25) is 12.1 Å². The fourth-order valence-electron chi connectivity index (χ4n) is 1.97. The predicted molar refractivity (Wildman–Crippen MR) is 75.3 cm³/mol. The first-order valence-corrected chi connectivity index (χ1v) is 9.14. The maximum absolute atomic E-state index is 5.90. The van der Waals surface area contributed by atoms with Crippen molar-refractivity contribution in [3.8, 4) is 0 Å². The summed E-state index contributed by atoms with van der Waals surface area (Å²) in [7, 11) is -0.457. The molecule has 0 bridgehead atoms. The summed E-state index contributed by atoms with van der Waals surface area (Å²) in [6.45, 7) is 7.62. The lowest BCUT2D eigenvalue weighted by Crippen LogP contribution is -2.17. The molecule has 1 nitrogen and oxygen atoms in total. The Balaban J connectivity index is 3.45. The van der Waals surface area contributed by atoms with Crippen LogP contribution in [-0.2, 0) is 4.43 Å². The third-order valence-corrected chi connectivity index (χ3v) is 5.49. The molecular formula is C14H31OSi. The zero-order valence-corrected chi connectivity index (χ0v) is 12.7. The molecule has 1 radical (unpaired) electrons. The van der Waals surface area contributed by atoms with Gasteiger partial charge in [-0.2, -0.15) is 0 Å². The Kier molecular flexibility index (Phi) is 13.4. The van der Waals surface area contributed by atoms with Crippen molar-refractivity contribution < 1.29 is 4.43 Å².